The number of allylic oxidation sites excluding steroid dienone is 1. The van der Waals surface area contributed by atoms with Gasteiger partial charge in [-0.2, -0.15) is 0 Å². The van der Waals surface area contributed by atoms with Crippen molar-refractivity contribution < 1.29 is 0 Å². The maximum Gasteiger partial charge on any atom is -0.00991 e. The standard InChI is InChI=1S/C20H22/c1-2-3-4-5-6-11-16-17-12-7-9-14-19(17)20-15-10-8-13-18(16)20/h7-15H,2-6H2,1H3. The van der Waals surface area contributed by atoms with Gasteiger partial charge >= 0.3 is 0 Å². The van der Waals surface area contributed by atoms with Crippen molar-refractivity contribution in [2.75, 3.05) is 0 Å². The van der Waals surface area contributed by atoms with Gasteiger partial charge < -0.3 is 0 Å². The first-order valence-corrected chi connectivity index (χ1v) is 7.81. The molecule has 0 spiro atoms. The van der Waals surface area contributed by atoms with Crippen molar-refractivity contribution in [1.29, 1.82) is 0 Å². The minimum atomic E-state index is 1.19. The van der Waals surface area contributed by atoms with Crippen LogP contribution in [0.1, 0.15) is 50.2 Å². The molecule has 0 heteroatoms. The third kappa shape index (κ3) is 2.43. The molecule has 0 bridgehead atoms. The van der Waals surface area contributed by atoms with Crippen molar-refractivity contribution in [3.8, 4) is 11.1 Å². The molecule has 0 fully saturated rings. The topological polar surface area (TPSA) is 0 Å². The SMILES string of the molecule is CCCCCCC=C1c2ccccc2-c2ccccc21. The minimum absolute atomic E-state index is 1.19. The van der Waals surface area contributed by atoms with Crippen LogP contribution in [0.15, 0.2) is 54.6 Å². The highest BCUT2D eigenvalue weighted by Gasteiger charge is 2.21. The normalized spacial score (nSPS) is 12.2. The molecule has 1 aliphatic rings. The fourth-order valence-corrected chi connectivity index (χ4v) is 3.09. The van der Waals surface area contributed by atoms with Crippen molar-refractivity contribution in [3.63, 3.8) is 0 Å². The van der Waals surface area contributed by atoms with Crippen LogP contribution < -0.4 is 0 Å². The van der Waals surface area contributed by atoms with Gasteiger partial charge in [-0.3, -0.25) is 0 Å². The Morgan fingerprint density at radius 1 is 0.700 bits per heavy atom. The van der Waals surface area contributed by atoms with Crippen LogP contribution >= 0.6 is 0 Å². The van der Waals surface area contributed by atoms with E-state index in [1.165, 1.54) is 59.9 Å². The lowest BCUT2D eigenvalue weighted by molar-refractivity contribution is 0.675. The molecule has 0 nitrogen and oxygen atoms in total. The predicted octanol–water partition coefficient (Wildman–Crippen LogP) is 6.07. The molecule has 0 heterocycles. The molecule has 20 heavy (non-hydrogen) atoms. The second kappa shape index (κ2) is 6.09. The van der Waals surface area contributed by atoms with Crippen LogP contribution in [0, 0.1) is 0 Å². The number of benzene rings is 2. The van der Waals surface area contributed by atoms with E-state index >= 15 is 0 Å². The van der Waals surface area contributed by atoms with E-state index in [0.29, 0.717) is 0 Å². The zero-order valence-electron chi connectivity index (χ0n) is 12.2. The maximum atomic E-state index is 2.44. The Bertz CT molecular complexity index is 572. The summed E-state index contributed by atoms with van der Waals surface area (Å²) < 4.78 is 0. The summed E-state index contributed by atoms with van der Waals surface area (Å²) in [7, 11) is 0. The smallest absolute Gasteiger partial charge is 0.00991 e. The zero-order chi connectivity index (χ0) is 13.8. The first-order valence-electron chi connectivity index (χ1n) is 7.81. The van der Waals surface area contributed by atoms with Crippen LogP contribution in [-0.2, 0) is 0 Å². The summed E-state index contributed by atoms with van der Waals surface area (Å²) in [6.45, 7) is 2.27. The lowest BCUT2D eigenvalue weighted by atomic mass is 10.0. The van der Waals surface area contributed by atoms with Crippen LogP contribution in [0.4, 0.5) is 0 Å². The van der Waals surface area contributed by atoms with Gasteiger partial charge in [0.25, 0.3) is 0 Å². The molecule has 2 aromatic carbocycles. The van der Waals surface area contributed by atoms with Gasteiger partial charge in [0.15, 0.2) is 0 Å². The third-order valence-electron chi connectivity index (χ3n) is 4.13. The molecule has 0 radical (unpaired) electrons. The Morgan fingerprint density at radius 2 is 1.25 bits per heavy atom. The molecule has 102 valence electrons. The number of hydrogen-bond donors (Lipinski definition) is 0. The minimum Gasteiger partial charge on any atom is -0.0760 e. The van der Waals surface area contributed by atoms with Gasteiger partial charge in [-0.25, -0.2) is 0 Å². The molecule has 0 N–H and O–H groups in total. The molecule has 0 saturated heterocycles. The predicted molar refractivity (Wildman–Crippen MR) is 87.7 cm³/mol. The summed E-state index contributed by atoms with van der Waals surface area (Å²) in [5.41, 5.74) is 7.03. The average Bonchev–Trinajstić information content (AvgIpc) is 2.82. The lowest BCUT2D eigenvalue weighted by Gasteiger charge is -2.03. The molecule has 0 unspecified atom stereocenters. The van der Waals surface area contributed by atoms with Gasteiger partial charge in [0, 0.05) is 0 Å². The molecule has 3 rings (SSSR count). The van der Waals surface area contributed by atoms with E-state index in [-0.39, 0.29) is 0 Å². The molecule has 1 aliphatic carbocycles. The van der Waals surface area contributed by atoms with E-state index in [1.807, 2.05) is 0 Å². The molecule has 0 amide bonds. The monoisotopic (exact) mass is 262 g/mol. The Balaban J connectivity index is 1.89. The van der Waals surface area contributed by atoms with Crippen LogP contribution in [0.3, 0.4) is 0 Å². The molecule has 0 saturated carbocycles. The summed E-state index contributed by atoms with van der Waals surface area (Å²) in [4.78, 5) is 0. The number of fused-ring (bicyclic) bond motifs is 3. The van der Waals surface area contributed by atoms with Gasteiger partial charge in [-0.05, 0) is 40.7 Å². The number of hydrogen-bond acceptors (Lipinski definition) is 0. The molecule has 2 aromatic rings. The van der Waals surface area contributed by atoms with E-state index in [2.05, 4.69) is 61.5 Å². The Morgan fingerprint density at radius 3 is 1.80 bits per heavy atom. The summed E-state index contributed by atoms with van der Waals surface area (Å²) in [6.07, 6.45) is 8.96. The maximum absolute atomic E-state index is 2.44. The van der Waals surface area contributed by atoms with E-state index < -0.39 is 0 Å². The van der Waals surface area contributed by atoms with Crippen molar-refractivity contribution in [1.82, 2.24) is 0 Å². The largest absolute Gasteiger partial charge is 0.0760 e. The summed E-state index contributed by atoms with van der Waals surface area (Å²) in [5, 5.41) is 0. The van der Waals surface area contributed by atoms with Crippen LogP contribution in [-0.4, -0.2) is 0 Å². The summed E-state index contributed by atoms with van der Waals surface area (Å²) in [5.74, 6) is 0. The first kappa shape index (κ1) is 13.2. The van der Waals surface area contributed by atoms with Crippen LogP contribution in [0.5, 0.6) is 0 Å². The van der Waals surface area contributed by atoms with E-state index in [0.717, 1.165) is 0 Å². The van der Waals surface area contributed by atoms with Crippen molar-refractivity contribution in [2.45, 2.75) is 39.0 Å². The Labute approximate surface area is 122 Å². The quantitative estimate of drug-likeness (QED) is 0.489. The van der Waals surface area contributed by atoms with Gasteiger partial charge in [0.1, 0.15) is 0 Å². The molecule has 0 aliphatic heterocycles. The molecular formula is C20H22. The lowest BCUT2D eigenvalue weighted by Crippen LogP contribution is -1.82. The fourth-order valence-electron chi connectivity index (χ4n) is 3.09. The highest BCUT2D eigenvalue weighted by atomic mass is 14.2. The zero-order valence-corrected chi connectivity index (χ0v) is 12.2. The van der Waals surface area contributed by atoms with E-state index in [4.69, 9.17) is 0 Å². The summed E-state index contributed by atoms with van der Waals surface area (Å²) >= 11 is 0. The highest BCUT2D eigenvalue weighted by molar-refractivity contribution is 6.00. The second-order valence-electron chi connectivity index (χ2n) is 5.56. The van der Waals surface area contributed by atoms with Gasteiger partial charge in [-0.1, -0.05) is 80.8 Å². The molecular weight excluding hydrogens is 240 g/mol. The Hall–Kier alpha value is -1.82. The van der Waals surface area contributed by atoms with Crippen molar-refractivity contribution in [3.05, 3.63) is 65.7 Å². The number of unbranched alkanes of at least 4 members (excludes halogenated alkanes) is 4. The van der Waals surface area contributed by atoms with Gasteiger partial charge in [0.2, 0.25) is 0 Å². The van der Waals surface area contributed by atoms with Crippen LogP contribution in [0.25, 0.3) is 16.7 Å². The first-order chi connectivity index (χ1) is 9.92. The van der Waals surface area contributed by atoms with Gasteiger partial charge in [-0.15, -0.1) is 0 Å². The second-order valence-corrected chi connectivity index (χ2v) is 5.56. The van der Waals surface area contributed by atoms with Crippen molar-refractivity contribution >= 4 is 5.57 Å². The van der Waals surface area contributed by atoms with E-state index in [9.17, 15) is 0 Å². The highest BCUT2D eigenvalue weighted by Crippen LogP contribution is 2.43. The number of rotatable bonds is 5. The average molecular weight is 262 g/mol. The fraction of sp³-hybridized carbons (Fsp3) is 0.300. The third-order valence-corrected chi connectivity index (χ3v) is 4.13. The van der Waals surface area contributed by atoms with Crippen LogP contribution in [0.2, 0.25) is 0 Å². The van der Waals surface area contributed by atoms with Gasteiger partial charge in [0.05, 0.1) is 0 Å². The summed E-state index contributed by atoms with van der Waals surface area (Å²) in [6, 6.07) is 17.6. The van der Waals surface area contributed by atoms with Crippen molar-refractivity contribution in [2.24, 2.45) is 0 Å². The Kier molecular flexibility index (Phi) is 4.01. The molecule has 0 atom stereocenters. The van der Waals surface area contributed by atoms with E-state index in [1.54, 1.807) is 0 Å². The molecule has 0 aromatic heterocycles.